The number of hydrogen-bond donors (Lipinski definition) is 1. The van der Waals surface area contributed by atoms with E-state index in [9.17, 15) is 0 Å². The maximum atomic E-state index is 4.72. The molecule has 1 saturated heterocycles. The van der Waals surface area contributed by atoms with Crippen molar-refractivity contribution in [2.45, 2.75) is 32.4 Å². The van der Waals surface area contributed by atoms with Gasteiger partial charge in [-0.25, -0.2) is 14.6 Å². The van der Waals surface area contributed by atoms with Crippen LogP contribution in [0, 0.1) is 0 Å². The average Bonchev–Trinajstić information content (AvgIpc) is 3.38. The zero-order valence-corrected chi connectivity index (χ0v) is 15.1. The van der Waals surface area contributed by atoms with Crippen LogP contribution in [0.1, 0.15) is 19.8 Å². The van der Waals surface area contributed by atoms with Gasteiger partial charge >= 0.3 is 0 Å². The summed E-state index contributed by atoms with van der Waals surface area (Å²) < 4.78 is 3.70. The van der Waals surface area contributed by atoms with Gasteiger partial charge in [-0.1, -0.05) is 6.92 Å². The van der Waals surface area contributed by atoms with Crippen LogP contribution < -0.4 is 10.2 Å². The molecule has 1 aliphatic heterocycles. The molecule has 0 amide bonds. The molecule has 1 unspecified atom stereocenters. The molecule has 1 fully saturated rings. The van der Waals surface area contributed by atoms with Gasteiger partial charge in [0, 0.05) is 50.7 Å². The van der Waals surface area contributed by atoms with E-state index in [0.29, 0.717) is 6.04 Å². The van der Waals surface area contributed by atoms with E-state index in [1.54, 1.807) is 11.0 Å². The summed E-state index contributed by atoms with van der Waals surface area (Å²) in [7, 11) is 1.90. The zero-order chi connectivity index (χ0) is 17.9. The lowest BCUT2D eigenvalue weighted by Crippen LogP contribution is -2.28. The molecule has 26 heavy (non-hydrogen) atoms. The fourth-order valence-electron chi connectivity index (χ4n) is 3.21. The second-order valence-electron chi connectivity index (χ2n) is 6.53. The summed E-state index contributed by atoms with van der Waals surface area (Å²) in [6.45, 7) is 4.76. The molecule has 1 N–H and O–H groups in total. The normalized spacial score (nSPS) is 17.0. The van der Waals surface area contributed by atoms with Crippen LogP contribution in [0.2, 0.25) is 0 Å². The van der Waals surface area contributed by atoms with Crippen molar-refractivity contribution in [3.8, 4) is 11.3 Å². The molecule has 4 rings (SSSR count). The molecule has 0 aromatic carbocycles. The maximum Gasteiger partial charge on any atom is 0.225 e. The molecule has 0 spiro atoms. The minimum atomic E-state index is 0.306. The van der Waals surface area contributed by atoms with Crippen molar-refractivity contribution in [2.24, 2.45) is 7.05 Å². The van der Waals surface area contributed by atoms with Crippen molar-refractivity contribution in [2.75, 3.05) is 23.3 Å². The van der Waals surface area contributed by atoms with Crippen molar-refractivity contribution in [1.29, 1.82) is 0 Å². The second-order valence-corrected chi connectivity index (χ2v) is 6.53. The molecule has 136 valence electrons. The third-order valence-electron chi connectivity index (χ3n) is 4.50. The summed E-state index contributed by atoms with van der Waals surface area (Å²) in [5, 5.41) is 12.0. The Morgan fingerprint density at radius 1 is 1.27 bits per heavy atom. The summed E-state index contributed by atoms with van der Waals surface area (Å²) in [5.41, 5.74) is 1.89. The van der Waals surface area contributed by atoms with Gasteiger partial charge < -0.3 is 10.2 Å². The highest BCUT2D eigenvalue weighted by Gasteiger charge is 2.25. The number of rotatable bonds is 6. The molecule has 4 heterocycles. The van der Waals surface area contributed by atoms with E-state index in [1.807, 2.05) is 36.4 Å². The third kappa shape index (κ3) is 3.37. The first kappa shape index (κ1) is 16.5. The van der Waals surface area contributed by atoms with Gasteiger partial charge in [-0.2, -0.15) is 15.2 Å². The Labute approximate surface area is 152 Å². The smallest absolute Gasteiger partial charge is 0.225 e. The molecule has 9 heteroatoms. The van der Waals surface area contributed by atoms with Gasteiger partial charge in [-0.05, 0) is 18.9 Å². The molecular formula is C17H23N9. The summed E-state index contributed by atoms with van der Waals surface area (Å²) >= 11 is 0. The van der Waals surface area contributed by atoms with Crippen molar-refractivity contribution < 1.29 is 0 Å². The van der Waals surface area contributed by atoms with Crippen LogP contribution in [-0.4, -0.2) is 53.6 Å². The van der Waals surface area contributed by atoms with E-state index in [2.05, 4.69) is 37.3 Å². The molecule has 0 bridgehead atoms. The van der Waals surface area contributed by atoms with E-state index < -0.39 is 0 Å². The van der Waals surface area contributed by atoms with Crippen molar-refractivity contribution in [3.63, 3.8) is 0 Å². The minimum absolute atomic E-state index is 0.306. The highest BCUT2D eigenvalue weighted by Crippen LogP contribution is 2.22. The second kappa shape index (κ2) is 7.11. The fourth-order valence-corrected chi connectivity index (χ4v) is 3.21. The Bertz CT molecular complexity index is 869. The fraction of sp³-hybridized carbons (Fsp3) is 0.471. The average molecular weight is 353 g/mol. The van der Waals surface area contributed by atoms with Crippen LogP contribution in [0.4, 0.5) is 11.9 Å². The molecular weight excluding hydrogens is 330 g/mol. The molecule has 0 aliphatic carbocycles. The molecule has 0 radical (unpaired) electrons. The molecule has 3 aromatic rings. The van der Waals surface area contributed by atoms with Crippen molar-refractivity contribution in [1.82, 2.24) is 34.5 Å². The van der Waals surface area contributed by atoms with Gasteiger partial charge in [0.1, 0.15) is 6.33 Å². The third-order valence-corrected chi connectivity index (χ3v) is 4.50. The van der Waals surface area contributed by atoms with Gasteiger partial charge in [0.05, 0.1) is 11.9 Å². The SMILES string of the molecule is CCCn1ncnc1NC1CCN(c2nccc(-c3cnn(C)c3)n2)C1. The Kier molecular flexibility index (Phi) is 4.51. The summed E-state index contributed by atoms with van der Waals surface area (Å²) in [4.78, 5) is 15.7. The number of anilines is 2. The lowest BCUT2D eigenvalue weighted by Gasteiger charge is -2.17. The largest absolute Gasteiger partial charge is 0.350 e. The zero-order valence-electron chi connectivity index (χ0n) is 15.1. The standard InChI is InChI=1S/C17H23N9/c1-3-7-26-17(19-12-21-26)22-14-5-8-25(11-14)16-18-6-4-15(23-16)13-9-20-24(2)10-13/h4,6,9-10,12,14H,3,5,7-8,11H2,1-2H3,(H,19,21,22). The molecule has 1 atom stereocenters. The first-order valence-electron chi connectivity index (χ1n) is 8.94. The monoisotopic (exact) mass is 353 g/mol. The Hall–Kier alpha value is -2.97. The predicted molar refractivity (Wildman–Crippen MR) is 98.8 cm³/mol. The van der Waals surface area contributed by atoms with Gasteiger partial charge in [0.2, 0.25) is 11.9 Å². The first-order chi connectivity index (χ1) is 12.7. The first-order valence-corrected chi connectivity index (χ1v) is 8.94. The van der Waals surface area contributed by atoms with E-state index in [0.717, 1.165) is 55.6 Å². The van der Waals surface area contributed by atoms with E-state index in [-0.39, 0.29) is 0 Å². The highest BCUT2D eigenvalue weighted by atomic mass is 15.4. The number of aromatic nitrogens is 7. The van der Waals surface area contributed by atoms with Crippen LogP contribution in [-0.2, 0) is 13.6 Å². The van der Waals surface area contributed by atoms with Gasteiger partial charge in [0.25, 0.3) is 0 Å². The predicted octanol–water partition coefficient (Wildman–Crippen LogP) is 1.57. The Balaban J connectivity index is 1.44. The lowest BCUT2D eigenvalue weighted by atomic mass is 10.2. The van der Waals surface area contributed by atoms with Crippen LogP contribution in [0.5, 0.6) is 0 Å². The van der Waals surface area contributed by atoms with Crippen LogP contribution >= 0.6 is 0 Å². The lowest BCUT2D eigenvalue weighted by molar-refractivity contribution is 0.600. The van der Waals surface area contributed by atoms with Crippen LogP contribution in [0.15, 0.2) is 31.0 Å². The quantitative estimate of drug-likeness (QED) is 0.719. The molecule has 9 nitrogen and oxygen atoms in total. The van der Waals surface area contributed by atoms with Crippen LogP contribution in [0.3, 0.4) is 0 Å². The summed E-state index contributed by atoms with van der Waals surface area (Å²) in [6.07, 6.45) is 9.24. The number of hydrogen-bond acceptors (Lipinski definition) is 7. The Morgan fingerprint density at radius 3 is 3.00 bits per heavy atom. The Morgan fingerprint density at radius 2 is 2.19 bits per heavy atom. The summed E-state index contributed by atoms with van der Waals surface area (Å²) in [6, 6.07) is 2.22. The van der Waals surface area contributed by atoms with E-state index in [1.165, 1.54) is 0 Å². The number of nitrogens with zero attached hydrogens (tertiary/aromatic N) is 8. The van der Waals surface area contributed by atoms with Crippen LogP contribution in [0.25, 0.3) is 11.3 Å². The number of aryl methyl sites for hydroxylation is 2. The van der Waals surface area contributed by atoms with Gasteiger partial charge in [-0.3, -0.25) is 4.68 Å². The van der Waals surface area contributed by atoms with E-state index >= 15 is 0 Å². The maximum absolute atomic E-state index is 4.72. The minimum Gasteiger partial charge on any atom is -0.350 e. The van der Waals surface area contributed by atoms with Crippen molar-refractivity contribution >= 4 is 11.9 Å². The highest BCUT2D eigenvalue weighted by molar-refractivity contribution is 5.58. The number of nitrogens with one attached hydrogen (secondary N) is 1. The van der Waals surface area contributed by atoms with Crippen molar-refractivity contribution in [3.05, 3.63) is 31.0 Å². The van der Waals surface area contributed by atoms with Gasteiger partial charge in [-0.15, -0.1) is 0 Å². The molecule has 3 aromatic heterocycles. The van der Waals surface area contributed by atoms with E-state index in [4.69, 9.17) is 4.98 Å². The topological polar surface area (TPSA) is 89.6 Å². The summed E-state index contributed by atoms with van der Waals surface area (Å²) in [5.74, 6) is 1.59. The van der Waals surface area contributed by atoms with Gasteiger partial charge in [0.15, 0.2) is 0 Å². The molecule has 1 aliphatic rings. The molecule has 0 saturated carbocycles.